The lowest BCUT2D eigenvalue weighted by Gasteiger charge is -2.44. The van der Waals surface area contributed by atoms with Crippen LogP contribution in [0.4, 0.5) is 11.4 Å². The number of piperidine rings is 1. The van der Waals surface area contributed by atoms with Crippen LogP contribution in [0.15, 0.2) is 93.2 Å². The van der Waals surface area contributed by atoms with Gasteiger partial charge in [-0.05, 0) is 73.0 Å². The van der Waals surface area contributed by atoms with Crippen molar-refractivity contribution in [1.29, 1.82) is 0 Å². The number of anilines is 2. The molecule has 0 unspecified atom stereocenters. The maximum atomic E-state index is 13.4. The van der Waals surface area contributed by atoms with E-state index < -0.39 is 10.0 Å². The summed E-state index contributed by atoms with van der Waals surface area (Å²) in [6.07, 6.45) is 2.49. The minimum atomic E-state index is -3.98. The molecule has 1 saturated heterocycles. The van der Waals surface area contributed by atoms with E-state index in [2.05, 4.69) is 14.9 Å². The third-order valence-electron chi connectivity index (χ3n) is 7.45. The SMILES string of the molecule is O=C(NCc1ccco1)c1ccc(N2C[C@H]3C[C@@H](C2)c2cccc(=O)n2C3)c(NS(=O)(=O)c2ccc(Cl)cc2)c1. The van der Waals surface area contributed by atoms with Gasteiger partial charge in [-0.2, -0.15) is 0 Å². The highest BCUT2D eigenvalue weighted by atomic mass is 35.5. The van der Waals surface area contributed by atoms with Crippen LogP contribution in [0.2, 0.25) is 5.02 Å². The van der Waals surface area contributed by atoms with Crippen molar-refractivity contribution in [2.75, 3.05) is 22.7 Å². The fraction of sp³-hybridized carbons (Fsp3) is 0.241. The molecule has 0 saturated carbocycles. The van der Waals surface area contributed by atoms with Crippen molar-refractivity contribution in [3.8, 4) is 0 Å². The number of carbonyl (C=O) groups is 1. The van der Waals surface area contributed by atoms with Crippen LogP contribution in [-0.4, -0.2) is 32.0 Å². The average molecular weight is 579 g/mol. The van der Waals surface area contributed by atoms with E-state index in [9.17, 15) is 18.0 Å². The number of pyridine rings is 1. The lowest BCUT2D eigenvalue weighted by molar-refractivity contribution is 0.0948. The van der Waals surface area contributed by atoms with Gasteiger partial charge >= 0.3 is 0 Å². The fourth-order valence-corrected chi connectivity index (χ4v) is 6.82. The van der Waals surface area contributed by atoms with Crippen LogP contribution in [0.1, 0.15) is 34.2 Å². The third-order valence-corrected chi connectivity index (χ3v) is 9.08. The van der Waals surface area contributed by atoms with E-state index in [1.807, 2.05) is 10.6 Å². The van der Waals surface area contributed by atoms with Gasteiger partial charge in [-0.15, -0.1) is 0 Å². The molecule has 2 aromatic carbocycles. The van der Waals surface area contributed by atoms with Gasteiger partial charge in [0, 0.05) is 47.9 Å². The van der Waals surface area contributed by atoms with Gasteiger partial charge in [0.25, 0.3) is 21.5 Å². The van der Waals surface area contributed by atoms with Crippen molar-refractivity contribution in [2.45, 2.75) is 30.3 Å². The van der Waals surface area contributed by atoms with Gasteiger partial charge in [0.1, 0.15) is 5.76 Å². The molecule has 0 aliphatic carbocycles. The molecule has 4 aromatic rings. The minimum absolute atomic E-state index is 0.00183. The molecule has 0 spiro atoms. The van der Waals surface area contributed by atoms with Crippen molar-refractivity contribution < 1.29 is 17.6 Å². The number of sulfonamides is 1. The summed E-state index contributed by atoms with van der Waals surface area (Å²) in [6.45, 7) is 2.07. The van der Waals surface area contributed by atoms with Gasteiger partial charge in [-0.25, -0.2) is 8.42 Å². The molecule has 40 heavy (non-hydrogen) atoms. The van der Waals surface area contributed by atoms with E-state index in [1.165, 1.54) is 30.5 Å². The van der Waals surface area contributed by atoms with Gasteiger partial charge in [0.15, 0.2) is 0 Å². The van der Waals surface area contributed by atoms with E-state index in [1.54, 1.807) is 42.5 Å². The lowest BCUT2D eigenvalue weighted by atomic mass is 9.83. The van der Waals surface area contributed by atoms with E-state index >= 15 is 0 Å². The first-order valence-electron chi connectivity index (χ1n) is 12.9. The maximum Gasteiger partial charge on any atom is 0.261 e. The van der Waals surface area contributed by atoms with Crippen molar-refractivity contribution in [1.82, 2.24) is 9.88 Å². The molecule has 2 aliphatic rings. The second-order valence-corrected chi connectivity index (χ2v) is 12.3. The Bertz CT molecular complexity index is 1720. The van der Waals surface area contributed by atoms with Crippen LogP contribution < -0.4 is 20.5 Å². The molecule has 2 bridgehead atoms. The van der Waals surface area contributed by atoms with Gasteiger partial charge < -0.3 is 19.2 Å². The number of halogens is 1. The molecule has 1 amide bonds. The molecule has 9 nitrogen and oxygen atoms in total. The second kappa shape index (κ2) is 10.5. The molecule has 2 atom stereocenters. The first kappa shape index (κ1) is 26.2. The normalized spacial score (nSPS) is 18.2. The quantitative estimate of drug-likeness (QED) is 0.335. The molecule has 2 aliphatic heterocycles. The predicted octanol–water partition coefficient (Wildman–Crippen LogP) is 4.45. The highest BCUT2D eigenvalue weighted by molar-refractivity contribution is 7.92. The highest BCUT2D eigenvalue weighted by Gasteiger charge is 2.35. The number of hydrogen-bond donors (Lipinski definition) is 2. The first-order valence-corrected chi connectivity index (χ1v) is 14.8. The number of nitrogens with zero attached hydrogens (tertiary/aromatic N) is 2. The van der Waals surface area contributed by atoms with Gasteiger partial charge in [-0.1, -0.05) is 17.7 Å². The summed E-state index contributed by atoms with van der Waals surface area (Å²) in [4.78, 5) is 27.7. The number of fused-ring (bicyclic) bond motifs is 4. The Labute approximate surface area is 236 Å². The summed E-state index contributed by atoms with van der Waals surface area (Å²) in [6, 6.07) is 19.8. The average Bonchev–Trinajstić information content (AvgIpc) is 3.46. The number of nitrogens with one attached hydrogen (secondary N) is 2. The number of aromatic nitrogens is 1. The van der Waals surface area contributed by atoms with E-state index in [0.29, 0.717) is 47.4 Å². The largest absolute Gasteiger partial charge is 0.467 e. The summed E-state index contributed by atoms with van der Waals surface area (Å²) in [5.41, 5.74) is 2.26. The smallest absolute Gasteiger partial charge is 0.261 e. The Morgan fingerprint density at radius 2 is 1.82 bits per heavy atom. The summed E-state index contributed by atoms with van der Waals surface area (Å²) in [7, 11) is -3.98. The number of carbonyl (C=O) groups excluding carboxylic acids is 1. The Balaban J connectivity index is 1.33. The Morgan fingerprint density at radius 3 is 2.60 bits per heavy atom. The van der Waals surface area contributed by atoms with Crippen LogP contribution in [0.25, 0.3) is 0 Å². The van der Waals surface area contributed by atoms with Crippen molar-refractivity contribution in [3.63, 3.8) is 0 Å². The van der Waals surface area contributed by atoms with Crippen LogP contribution >= 0.6 is 11.6 Å². The monoisotopic (exact) mass is 578 g/mol. The number of rotatable bonds is 7. The van der Waals surface area contributed by atoms with Crippen molar-refractivity contribution >= 4 is 38.9 Å². The lowest BCUT2D eigenvalue weighted by Crippen LogP contribution is -2.47. The fourth-order valence-electron chi connectivity index (χ4n) is 5.63. The zero-order chi connectivity index (χ0) is 27.9. The highest BCUT2D eigenvalue weighted by Crippen LogP contribution is 2.39. The molecule has 4 heterocycles. The number of amides is 1. The third kappa shape index (κ3) is 5.24. The Hall–Kier alpha value is -4.02. The predicted molar refractivity (Wildman–Crippen MR) is 152 cm³/mol. The van der Waals surface area contributed by atoms with E-state index in [4.69, 9.17) is 16.0 Å². The maximum absolute atomic E-state index is 13.4. The molecule has 1 fully saturated rings. The first-order chi connectivity index (χ1) is 19.3. The van der Waals surface area contributed by atoms with Gasteiger partial charge in [-0.3, -0.25) is 14.3 Å². The molecular formula is C29H27ClN4O5S. The van der Waals surface area contributed by atoms with Crippen LogP contribution in [0.5, 0.6) is 0 Å². The Morgan fingerprint density at radius 1 is 1.00 bits per heavy atom. The van der Waals surface area contributed by atoms with E-state index in [0.717, 1.165) is 12.1 Å². The molecule has 11 heteroatoms. The van der Waals surface area contributed by atoms with Gasteiger partial charge in [0.05, 0.1) is 29.1 Å². The van der Waals surface area contributed by atoms with Crippen LogP contribution in [-0.2, 0) is 23.1 Å². The molecule has 2 N–H and O–H groups in total. The molecule has 6 rings (SSSR count). The molecular weight excluding hydrogens is 552 g/mol. The minimum Gasteiger partial charge on any atom is -0.467 e. The molecule has 0 radical (unpaired) electrons. The van der Waals surface area contributed by atoms with Crippen LogP contribution in [0, 0.1) is 5.92 Å². The van der Waals surface area contributed by atoms with E-state index in [-0.39, 0.29) is 34.7 Å². The van der Waals surface area contributed by atoms with Crippen molar-refractivity contribution in [3.05, 3.63) is 111 Å². The topological polar surface area (TPSA) is 114 Å². The zero-order valence-electron chi connectivity index (χ0n) is 21.4. The molecule has 206 valence electrons. The summed E-state index contributed by atoms with van der Waals surface area (Å²) < 4.78 is 36.6. The summed E-state index contributed by atoms with van der Waals surface area (Å²) in [5.74, 6) is 0.591. The summed E-state index contributed by atoms with van der Waals surface area (Å²) >= 11 is 5.97. The van der Waals surface area contributed by atoms with Gasteiger partial charge in [0.2, 0.25) is 0 Å². The zero-order valence-corrected chi connectivity index (χ0v) is 23.0. The van der Waals surface area contributed by atoms with Crippen LogP contribution in [0.3, 0.4) is 0 Å². The molecule has 2 aromatic heterocycles. The summed E-state index contributed by atoms with van der Waals surface area (Å²) in [5, 5.41) is 3.23. The number of furan rings is 1. The second-order valence-electron chi connectivity index (χ2n) is 10.2. The Kier molecular flexibility index (Phi) is 6.89. The van der Waals surface area contributed by atoms with Crippen molar-refractivity contribution in [2.24, 2.45) is 5.92 Å². The standard InChI is InChI=1S/C29H27ClN4O5S/c30-22-7-9-24(10-8-22)40(37,38)32-25-14-20(29(36)31-15-23-3-2-12-39-23)6-11-27(25)33-16-19-13-21(18-33)26-4-1-5-28(35)34(26)17-19/h1-12,14,19,21,32H,13,15-18H2,(H,31,36)/t19-,21+/m1/s1. The number of benzene rings is 2. The number of hydrogen-bond acceptors (Lipinski definition) is 6.